The highest BCUT2D eigenvalue weighted by Gasteiger charge is 2.32. The molecule has 25 heavy (non-hydrogen) atoms. The number of carbonyl (C=O) groups is 1. The quantitative estimate of drug-likeness (QED) is 0.309. The van der Waals surface area contributed by atoms with Gasteiger partial charge in [-0.25, -0.2) is 5.43 Å². The lowest BCUT2D eigenvalue weighted by Gasteiger charge is -2.09. The van der Waals surface area contributed by atoms with Gasteiger partial charge in [-0.1, -0.05) is 70.1 Å². The third kappa shape index (κ3) is 9.27. The van der Waals surface area contributed by atoms with E-state index in [1.54, 1.807) is 0 Å². The molecule has 0 unspecified atom stereocenters. The number of alkyl halides is 3. The Balaban J connectivity index is 2.25. The summed E-state index contributed by atoms with van der Waals surface area (Å²) in [5, 5.41) is 3.64. The maximum absolute atomic E-state index is 12.8. The number of hydrogen-bond donors (Lipinski definition) is 1. The van der Waals surface area contributed by atoms with Crippen molar-refractivity contribution in [2.45, 2.75) is 70.9 Å². The first-order valence-corrected chi connectivity index (χ1v) is 8.93. The zero-order valence-corrected chi connectivity index (χ0v) is 14.7. The number of benzene rings is 1. The van der Waals surface area contributed by atoms with E-state index >= 15 is 0 Å². The number of halogens is 3. The number of hydrazone groups is 1. The Bertz CT molecular complexity index is 542. The van der Waals surface area contributed by atoms with Gasteiger partial charge >= 0.3 is 6.18 Å². The molecule has 1 aromatic carbocycles. The van der Waals surface area contributed by atoms with Crippen LogP contribution in [0, 0.1) is 0 Å². The molecule has 0 aliphatic rings. The van der Waals surface area contributed by atoms with E-state index in [1.165, 1.54) is 50.3 Å². The van der Waals surface area contributed by atoms with Crippen LogP contribution in [0.4, 0.5) is 13.2 Å². The standard InChI is InChI=1S/C19H27F3N2O/c1-2-3-4-5-6-7-8-9-14-18(25)24-23-15-16-12-10-11-13-17(16)19(20,21)22/h10-13,15H,2-9,14H2,1H3,(H,24,25). The Hall–Kier alpha value is -1.85. The van der Waals surface area contributed by atoms with Crippen molar-refractivity contribution in [1.82, 2.24) is 5.43 Å². The summed E-state index contributed by atoms with van der Waals surface area (Å²) in [6.07, 6.45) is 6.01. The van der Waals surface area contributed by atoms with Gasteiger partial charge in [0, 0.05) is 12.0 Å². The van der Waals surface area contributed by atoms with E-state index in [0.717, 1.165) is 31.5 Å². The van der Waals surface area contributed by atoms with Gasteiger partial charge in [0.05, 0.1) is 11.8 Å². The second-order valence-corrected chi connectivity index (χ2v) is 6.10. The molecule has 1 N–H and O–H groups in total. The van der Waals surface area contributed by atoms with Crippen molar-refractivity contribution in [2.75, 3.05) is 0 Å². The molecule has 0 atom stereocenters. The lowest BCUT2D eigenvalue weighted by atomic mass is 10.1. The van der Waals surface area contributed by atoms with E-state index in [1.807, 2.05) is 0 Å². The third-order valence-corrected chi connectivity index (χ3v) is 3.92. The van der Waals surface area contributed by atoms with E-state index in [0.29, 0.717) is 6.42 Å². The molecule has 0 heterocycles. The number of rotatable bonds is 11. The molecule has 0 aliphatic heterocycles. The molecule has 6 heteroatoms. The Morgan fingerprint density at radius 2 is 1.64 bits per heavy atom. The minimum atomic E-state index is -4.44. The molecule has 0 aliphatic carbocycles. The van der Waals surface area contributed by atoms with E-state index in [2.05, 4.69) is 17.5 Å². The molecule has 0 radical (unpaired) electrons. The molecule has 140 valence electrons. The van der Waals surface area contributed by atoms with Gasteiger partial charge in [-0.05, 0) is 12.5 Å². The number of nitrogens with zero attached hydrogens (tertiary/aromatic N) is 1. The number of hydrogen-bond acceptors (Lipinski definition) is 2. The molecule has 0 saturated heterocycles. The minimum Gasteiger partial charge on any atom is -0.273 e. The summed E-state index contributed by atoms with van der Waals surface area (Å²) in [5.74, 6) is -0.272. The topological polar surface area (TPSA) is 41.5 Å². The van der Waals surface area contributed by atoms with Gasteiger partial charge in [0.25, 0.3) is 0 Å². The van der Waals surface area contributed by atoms with Crippen LogP contribution in [-0.4, -0.2) is 12.1 Å². The van der Waals surface area contributed by atoms with Crippen LogP contribution < -0.4 is 5.43 Å². The molecule has 0 spiro atoms. The minimum absolute atomic E-state index is 0.0672. The van der Waals surface area contributed by atoms with Gasteiger partial charge in [0.2, 0.25) is 5.91 Å². The molecule has 0 fully saturated rings. The van der Waals surface area contributed by atoms with Gasteiger partial charge in [0.1, 0.15) is 0 Å². The molecule has 1 aromatic rings. The first-order valence-electron chi connectivity index (χ1n) is 8.93. The average Bonchev–Trinajstić information content (AvgIpc) is 2.57. The van der Waals surface area contributed by atoms with Crippen molar-refractivity contribution in [3.8, 4) is 0 Å². The van der Waals surface area contributed by atoms with Crippen molar-refractivity contribution in [3.05, 3.63) is 35.4 Å². The van der Waals surface area contributed by atoms with Gasteiger partial charge in [-0.2, -0.15) is 18.3 Å². The average molecular weight is 356 g/mol. The first-order chi connectivity index (χ1) is 11.9. The lowest BCUT2D eigenvalue weighted by Crippen LogP contribution is -2.17. The molecule has 0 bridgehead atoms. The monoisotopic (exact) mass is 356 g/mol. The number of carbonyl (C=O) groups excluding carboxylic acids is 1. The van der Waals surface area contributed by atoms with Crippen molar-refractivity contribution in [3.63, 3.8) is 0 Å². The van der Waals surface area contributed by atoms with Crippen LogP contribution in [0.5, 0.6) is 0 Å². The summed E-state index contributed by atoms with van der Waals surface area (Å²) in [6.45, 7) is 2.18. The van der Waals surface area contributed by atoms with Gasteiger partial charge in [0.15, 0.2) is 0 Å². The Morgan fingerprint density at radius 1 is 1.04 bits per heavy atom. The fourth-order valence-electron chi connectivity index (χ4n) is 2.52. The van der Waals surface area contributed by atoms with E-state index in [-0.39, 0.29) is 11.5 Å². The maximum atomic E-state index is 12.8. The predicted molar refractivity (Wildman–Crippen MR) is 94.4 cm³/mol. The van der Waals surface area contributed by atoms with Crippen LogP contribution in [0.3, 0.4) is 0 Å². The number of unbranched alkanes of at least 4 members (excludes halogenated alkanes) is 7. The highest BCUT2D eigenvalue weighted by Crippen LogP contribution is 2.30. The van der Waals surface area contributed by atoms with Crippen LogP contribution in [0.1, 0.15) is 75.8 Å². The van der Waals surface area contributed by atoms with E-state index in [9.17, 15) is 18.0 Å². The maximum Gasteiger partial charge on any atom is 0.417 e. The van der Waals surface area contributed by atoms with Crippen molar-refractivity contribution < 1.29 is 18.0 Å². The zero-order chi connectivity index (χ0) is 18.5. The normalized spacial score (nSPS) is 11.8. The fourth-order valence-corrected chi connectivity index (χ4v) is 2.52. The summed E-state index contributed by atoms with van der Waals surface area (Å²) in [6, 6.07) is 5.13. The van der Waals surface area contributed by atoms with Crippen molar-refractivity contribution in [2.24, 2.45) is 5.10 Å². The van der Waals surface area contributed by atoms with Crippen LogP contribution in [-0.2, 0) is 11.0 Å². The second kappa shape index (κ2) is 11.7. The zero-order valence-electron chi connectivity index (χ0n) is 14.7. The molecule has 0 saturated carbocycles. The first kappa shape index (κ1) is 21.2. The SMILES string of the molecule is CCCCCCCCCCC(=O)NN=Cc1ccccc1C(F)(F)F. The molecule has 1 amide bonds. The van der Waals surface area contributed by atoms with Crippen LogP contribution >= 0.6 is 0 Å². The largest absolute Gasteiger partial charge is 0.417 e. The number of amides is 1. The molecule has 3 nitrogen and oxygen atoms in total. The Labute approximate surface area is 147 Å². The molecule has 0 aromatic heterocycles. The number of nitrogens with one attached hydrogen (secondary N) is 1. The fraction of sp³-hybridized carbons (Fsp3) is 0.579. The smallest absolute Gasteiger partial charge is 0.273 e. The Morgan fingerprint density at radius 3 is 2.28 bits per heavy atom. The highest BCUT2D eigenvalue weighted by atomic mass is 19.4. The highest BCUT2D eigenvalue weighted by molar-refractivity contribution is 5.84. The molecular weight excluding hydrogens is 329 g/mol. The third-order valence-electron chi connectivity index (χ3n) is 3.92. The van der Waals surface area contributed by atoms with Gasteiger partial charge in [-0.15, -0.1) is 0 Å². The van der Waals surface area contributed by atoms with Crippen molar-refractivity contribution in [1.29, 1.82) is 0 Å². The second-order valence-electron chi connectivity index (χ2n) is 6.10. The summed E-state index contributed by atoms with van der Waals surface area (Å²) in [4.78, 5) is 11.6. The Kier molecular flexibility index (Phi) is 9.88. The lowest BCUT2D eigenvalue weighted by molar-refractivity contribution is -0.137. The van der Waals surface area contributed by atoms with Crippen LogP contribution in [0.25, 0.3) is 0 Å². The molecular formula is C19H27F3N2O. The van der Waals surface area contributed by atoms with Gasteiger partial charge in [-0.3, -0.25) is 4.79 Å². The van der Waals surface area contributed by atoms with Crippen LogP contribution in [0.15, 0.2) is 29.4 Å². The molecule has 1 rings (SSSR count). The van der Waals surface area contributed by atoms with Crippen LogP contribution in [0.2, 0.25) is 0 Å². The van der Waals surface area contributed by atoms with Crippen molar-refractivity contribution >= 4 is 12.1 Å². The summed E-state index contributed by atoms with van der Waals surface area (Å²) >= 11 is 0. The predicted octanol–water partition coefficient (Wildman–Crippen LogP) is 5.69. The summed E-state index contributed by atoms with van der Waals surface area (Å²) < 4.78 is 38.5. The summed E-state index contributed by atoms with van der Waals surface area (Å²) in [5.41, 5.74) is 1.46. The van der Waals surface area contributed by atoms with Gasteiger partial charge < -0.3 is 0 Å². The van der Waals surface area contributed by atoms with E-state index in [4.69, 9.17) is 0 Å². The van der Waals surface area contributed by atoms with E-state index < -0.39 is 11.7 Å². The summed E-state index contributed by atoms with van der Waals surface area (Å²) in [7, 11) is 0.